The lowest BCUT2D eigenvalue weighted by atomic mass is 9.98. The second-order valence-corrected chi connectivity index (χ2v) is 8.71. The second kappa shape index (κ2) is 9.40. The van der Waals surface area contributed by atoms with Crippen LogP contribution in [0.5, 0.6) is 0 Å². The van der Waals surface area contributed by atoms with Crippen molar-refractivity contribution in [3.05, 3.63) is 59.7 Å². The number of benzene rings is 2. The molecule has 0 bridgehead atoms. The number of carbonyl (C=O) groups excluding carboxylic acids is 2. The van der Waals surface area contributed by atoms with E-state index in [0.717, 1.165) is 22.3 Å². The number of carbonyl (C=O) groups is 3. The van der Waals surface area contributed by atoms with E-state index in [9.17, 15) is 28.3 Å². The number of nitrogens with one attached hydrogen (secondary N) is 1. The summed E-state index contributed by atoms with van der Waals surface area (Å²) in [5.41, 5.74) is 4.32. The molecule has 1 saturated heterocycles. The average molecular weight is 472 g/mol. The van der Waals surface area contributed by atoms with E-state index in [2.05, 4.69) is 5.32 Å². The molecule has 9 heteroatoms. The molecular weight excluding hydrogens is 446 g/mol. The van der Waals surface area contributed by atoms with Gasteiger partial charge in [0.05, 0.1) is 6.54 Å². The largest absolute Gasteiger partial charge is 0.480 e. The minimum absolute atomic E-state index is 0.101. The normalized spacial score (nSPS) is 19.3. The Morgan fingerprint density at radius 2 is 1.71 bits per heavy atom. The molecule has 2 amide bonds. The number of alkyl halides is 2. The van der Waals surface area contributed by atoms with Crippen molar-refractivity contribution in [2.45, 2.75) is 50.1 Å². The molecule has 0 radical (unpaired) electrons. The molecule has 2 aliphatic rings. The van der Waals surface area contributed by atoms with E-state index in [1.165, 1.54) is 0 Å². The van der Waals surface area contributed by atoms with Gasteiger partial charge in [-0.05, 0) is 28.7 Å². The summed E-state index contributed by atoms with van der Waals surface area (Å²) in [6.07, 6.45) is -1.58. The van der Waals surface area contributed by atoms with Crippen molar-refractivity contribution >= 4 is 18.0 Å². The molecule has 2 atom stereocenters. The summed E-state index contributed by atoms with van der Waals surface area (Å²) in [6, 6.07) is 13.6. The first-order valence-electron chi connectivity index (χ1n) is 11.2. The molecule has 1 heterocycles. The van der Waals surface area contributed by atoms with Crippen LogP contribution in [0.4, 0.5) is 13.6 Å². The molecule has 4 rings (SSSR count). The van der Waals surface area contributed by atoms with Crippen molar-refractivity contribution in [1.82, 2.24) is 10.2 Å². The van der Waals surface area contributed by atoms with Crippen LogP contribution in [0, 0.1) is 0 Å². The summed E-state index contributed by atoms with van der Waals surface area (Å²) >= 11 is 0. The van der Waals surface area contributed by atoms with Crippen molar-refractivity contribution < 1.29 is 33.0 Å². The van der Waals surface area contributed by atoms with Crippen LogP contribution in [0.2, 0.25) is 0 Å². The zero-order valence-electron chi connectivity index (χ0n) is 18.7. The Labute approximate surface area is 195 Å². The van der Waals surface area contributed by atoms with Crippen LogP contribution in [0.15, 0.2) is 48.5 Å². The van der Waals surface area contributed by atoms with E-state index in [4.69, 9.17) is 4.74 Å². The fourth-order valence-electron chi connectivity index (χ4n) is 4.73. The molecule has 180 valence electrons. The van der Waals surface area contributed by atoms with Gasteiger partial charge in [-0.25, -0.2) is 18.4 Å². The number of likely N-dealkylation sites (tertiary alicyclic amines) is 1. The predicted octanol–water partition coefficient (Wildman–Crippen LogP) is 4.01. The van der Waals surface area contributed by atoms with Crippen LogP contribution < -0.4 is 5.32 Å². The SMILES string of the molecule is CC[C@H](CC(=O)N1CC(F)(F)C[C@H]1C(=O)O)NC(=O)OCC1c2ccccc2-c2ccccc21. The summed E-state index contributed by atoms with van der Waals surface area (Å²) < 4.78 is 32.9. The van der Waals surface area contributed by atoms with E-state index < -0.39 is 48.9 Å². The van der Waals surface area contributed by atoms with Crippen LogP contribution in [-0.2, 0) is 14.3 Å². The minimum atomic E-state index is -3.25. The maximum Gasteiger partial charge on any atom is 0.407 e. The summed E-state index contributed by atoms with van der Waals surface area (Å²) in [4.78, 5) is 37.1. The molecule has 0 spiro atoms. The van der Waals surface area contributed by atoms with Gasteiger partial charge in [-0.1, -0.05) is 55.5 Å². The Balaban J connectivity index is 1.36. The van der Waals surface area contributed by atoms with Crippen molar-refractivity contribution in [3.63, 3.8) is 0 Å². The number of ether oxygens (including phenoxy) is 1. The number of halogens is 2. The van der Waals surface area contributed by atoms with Crippen LogP contribution in [0.3, 0.4) is 0 Å². The first kappa shape index (κ1) is 23.7. The number of fused-ring (bicyclic) bond motifs is 3. The van der Waals surface area contributed by atoms with Crippen molar-refractivity contribution in [1.29, 1.82) is 0 Å². The average Bonchev–Trinajstić information content (AvgIpc) is 3.31. The number of rotatable bonds is 7. The highest BCUT2D eigenvalue weighted by atomic mass is 19.3. The van der Waals surface area contributed by atoms with E-state index in [1.807, 2.05) is 48.5 Å². The minimum Gasteiger partial charge on any atom is -0.480 e. The molecule has 1 aliphatic carbocycles. The highest BCUT2D eigenvalue weighted by molar-refractivity contribution is 5.85. The van der Waals surface area contributed by atoms with E-state index >= 15 is 0 Å². The lowest BCUT2D eigenvalue weighted by Crippen LogP contribution is -2.45. The standard InChI is InChI=1S/C25H26F2N2O5/c1-2-15(11-22(30)29-14-25(26,27)12-21(29)23(31)32)28-24(33)34-13-20-18-9-5-3-7-16(18)17-8-4-6-10-19(17)20/h3-10,15,20-21H,2,11-14H2,1H3,(H,28,33)(H,31,32)/t15-,21+/m1/s1. The van der Waals surface area contributed by atoms with Gasteiger partial charge in [-0.2, -0.15) is 0 Å². The zero-order valence-corrected chi connectivity index (χ0v) is 18.7. The quantitative estimate of drug-likeness (QED) is 0.635. The Kier molecular flexibility index (Phi) is 6.54. The lowest BCUT2D eigenvalue weighted by Gasteiger charge is -2.24. The second-order valence-electron chi connectivity index (χ2n) is 8.71. The van der Waals surface area contributed by atoms with Gasteiger partial charge in [0.15, 0.2) is 0 Å². The van der Waals surface area contributed by atoms with E-state index in [0.29, 0.717) is 11.3 Å². The summed E-state index contributed by atoms with van der Waals surface area (Å²) in [7, 11) is 0. The number of hydrogen-bond acceptors (Lipinski definition) is 4. The Morgan fingerprint density at radius 3 is 2.26 bits per heavy atom. The molecule has 7 nitrogen and oxygen atoms in total. The smallest absolute Gasteiger partial charge is 0.407 e. The third-order valence-corrected chi connectivity index (χ3v) is 6.45. The zero-order chi connectivity index (χ0) is 24.5. The molecule has 1 aliphatic heterocycles. The van der Waals surface area contributed by atoms with Crippen molar-refractivity contribution in [2.24, 2.45) is 0 Å². The maximum absolute atomic E-state index is 13.7. The van der Waals surface area contributed by atoms with E-state index in [-0.39, 0.29) is 18.9 Å². The molecule has 2 N–H and O–H groups in total. The van der Waals surface area contributed by atoms with Crippen molar-refractivity contribution in [3.8, 4) is 11.1 Å². The van der Waals surface area contributed by atoms with Gasteiger partial charge < -0.3 is 20.1 Å². The van der Waals surface area contributed by atoms with Gasteiger partial charge in [0.2, 0.25) is 5.91 Å². The fraction of sp³-hybridized carbons (Fsp3) is 0.400. The lowest BCUT2D eigenvalue weighted by molar-refractivity contribution is -0.148. The first-order valence-corrected chi connectivity index (χ1v) is 11.2. The first-order chi connectivity index (χ1) is 16.2. The molecular formula is C25H26F2N2O5. The van der Waals surface area contributed by atoms with Gasteiger partial charge in [0, 0.05) is 24.8 Å². The maximum atomic E-state index is 13.7. The van der Waals surface area contributed by atoms with Crippen LogP contribution >= 0.6 is 0 Å². The van der Waals surface area contributed by atoms with Gasteiger partial charge in [-0.15, -0.1) is 0 Å². The topological polar surface area (TPSA) is 95.9 Å². The van der Waals surface area contributed by atoms with E-state index in [1.54, 1.807) is 6.92 Å². The Hall–Kier alpha value is -3.49. The van der Waals surface area contributed by atoms with Crippen LogP contribution in [0.25, 0.3) is 11.1 Å². The summed E-state index contributed by atoms with van der Waals surface area (Å²) in [5, 5.41) is 11.8. The summed E-state index contributed by atoms with van der Waals surface area (Å²) in [5.74, 6) is -5.58. The Bertz CT molecular complexity index is 1060. The number of carboxylic acid groups (broad SMARTS) is 1. The predicted molar refractivity (Wildman–Crippen MR) is 120 cm³/mol. The van der Waals surface area contributed by atoms with Gasteiger partial charge in [0.1, 0.15) is 12.6 Å². The molecule has 0 saturated carbocycles. The molecule has 34 heavy (non-hydrogen) atoms. The highest BCUT2D eigenvalue weighted by Crippen LogP contribution is 2.44. The van der Waals surface area contributed by atoms with Crippen LogP contribution in [0.1, 0.15) is 43.2 Å². The van der Waals surface area contributed by atoms with Crippen molar-refractivity contribution in [2.75, 3.05) is 13.2 Å². The number of alkyl carbamates (subject to hydrolysis) is 1. The molecule has 2 aromatic rings. The number of aliphatic carboxylic acids is 1. The highest BCUT2D eigenvalue weighted by Gasteiger charge is 2.50. The molecule has 2 aromatic carbocycles. The van der Waals surface area contributed by atoms with Gasteiger partial charge in [-0.3, -0.25) is 4.79 Å². The third-order valence-electron chi connectivity index (χ3n) is 6.45. The molecule has 0 aromatic heterocycles. The number of hydrogen-bond donors (Lipinski definition) is 2. The Morgan fingerprint density at radius 1 is 1.12 bits per heavy atom. The van der Waals surface area contributed by atoms with Gasteiger partial charge in [0.25, 0.3) is 5.92 Å². The molecule has 0 unspecified atom stereocenters. The molecule has 1 fully saturated rings. The summed E-state index contributed by atoms with van der Waals surface area (Å²) in [6.45, 7) is 0.892. The third kappa shape index (κ3) is 4.73. The van der Waals surface area contributed by atoms with Crippen LogP contribution in [-0.4, -0.2) is 59.1 Å². The monoisotopic (exact) mass is 472 g/mol. The fourth-order valence-corrected chi connectivity index (χ4v) is 4.73. The number of nitrogens with zero attached hydrogens (tertiary/aromatic N) is 1. The van der Waals surface area contributed by atoms with Gasteiger partial charge >= 0.3 is 12.1 Å². The number of carboxylic acids is 1. The number of amides is 2.